The molecule has 34 heavy (non-hydrogen) atoms. The predicted octanol–water partition coefficient (Wildman–Crippen LogP) is 6.91. The Bertz CT molecular complexity index is 1060. The lowest BCUT2D eigenvalue weighted by Gasteiger charge is -2.35. The van der Waals surface area contributed by atoms with Crippen LogP contribution in [0.15, 0.2) is 58.4 Å². The zero-order chi connectivity index (χ0) is 24.1. The van der Waals surface area contributed by atoms with Crippen LogP contribution >= 0.6 is 11.8 Å². The van der Waals surface area contributed by atoms with Gasteiger partial charge in [-0.2, -0.15) is 0 Å². The van der Waals surface area contributed by atoms with Crippen LogP contribution in [0.25, 0.3) is 6.08 Å². The number of ether oxygens (including phenoxy) is 2. The number of thioether (sulfide) groups is 1. The average Bonchev–Trinajstić information content (AvgIpc) is 3.13. The van der Waals surface area contributed by atoms with E-state index in [1.54, 1.807) is 7.11 Å². The first kappa shape index (κ1) is 24.4. The number of amidine groups is 1. The van der Waals surface area contributed by atoms with Gasteiger partial charge in [-0.1, -0.05) is 57.9 Å². The molecule has 2 atom stereocenters. The summed E-state index contributed by atoms with van der Waals surface area (Å²) in [7, 11) is 1.64. The van der Waals surface area contributed by atoms with E-state index in [-0.39, 0.29) is 11.9 Å². The van der Waals surface area contributed by atoms with E-state index in [9.17, 15) is 4.79 Å². The van der Waals surface area contributed by atoms with Gasteiger partial charge in [0.25, 0.3) is 5.91 Å². The Hall–Kier alpha value is -2.73. The molecule has 2 fully saturated rings. The molecule has 1 aliphatic carbocycles. The fourth-order valence-corrected chi connectivity index (χ4v) is 5.50. The summed E-state index contributed by atoms with van der Waals surface area (Å²) in [6.45, 7) is 7.10. The van der Waals surface area contributed by atoms with Gasteiger partial charge in [0.1, 0.15) is 0 Å². The monoisotopic (exact) mass is 478 g/mol. The van der Waals surface area contributed by atoms with Crippen molar-refractivity contribution in [1.29, 1.82) is 0 Å². The van der Waals surface area contributed by atoms with Crippen LogP contribution in [0.2, 0.25) is 0 Å². The summed E-state index contributed by atoms with van der Waals surface area (Å²) in [6.07, 6.45) is 6.48. The summed E-state index contributed by atoms with van der Waals surface area (Å²) in [5.74, 6) is 2.30. The maximum Gasteiger partial charge on any atom is 0.267 e. The lowest BCUT2D eigenvalue weighted by Crippen LogP contribution is -2.44. The van der Waals surface area contributed by atoms with Gasteiger partial charge in [0.2, 0.25) is 0 Å². The minimum absolute atomic E-state index is 0.0394. The Labute approximate surface area is 207 Å². The van der Waals surface area contributed by atoms with Gasteiger partial charge < -0.3 is 9.47 Å². The number of methoxy groups -OCH3 is 1. The molecule has 180 valence electrons. The number of amides is 1. The van der Waals surface area contributed by atoms with Crippen LogP contribution in [0, 0.1) is 11.8 Å². The molecule has 0 bridgehead atoms. The van der Waals surface area contributed by atoms with E-state index in [4.69, 9.17) is 14.5 Å². The van der Waals surface area contributed by atoms with Gasteiger partial charge in [-0.25, -0.2) is 4.99 Å². The van der Waals surface area contributed by atoms with Gasteiger partial charge in [-0.05, 0) is 72.3 Å². The van der Waals surface area contributed by atoms with Gasteiger partial charge in [0.05, 0.1) is 24.3 Å². The molecular formula is C28H34N2O3S. The molecule has 1 aliphatic heterocycles. The molecule has 2 aliphatic rings. The number of benzene rings is 2. The number of hydrogen-bond acceptors (Lipinski definition) is 5. The summed E-state index contributed by atoms with van der Waals surface area (Å²) in [5, 5.41) is 0.769. The molecule has 2 aromatic carbocycles. The Morgan fingerprint density at radius 2 is 1.88 bits per heavy atom. The number of aliphatic imine (C=N–C) groups is 1. The highest BCUT2D eigenvalue weighted by molar-refractivity contribution is 8.18. The lowest BCUT2D eigenvalue weighted by molar-refractivity contribution is -0.124. The number of para-hydroxylation sites is 1. The van der Waals surface area contributed by atoms with Crippen molar-refractivity contribution in [1.82, 2.24) is 4.90 Å². The normalized spacial score (nSPS) is 23.2. The lowest BCUT2D eigenvalue weighted by atomic mass is 9.85. The van der Waals surface area contributed by atoms with Crippen molar-refractivity contribution >= 4 is 34.6 Å². The molecule has 0 radical (unpaired) electrons. The van der Waals surface area contributed by atoms with E-state index in [1.807, 2.05) is 59.5 Å². The minimum atomic E-state index is 0.0394. The number of nitrogens with zero attached hydrogens (tertiary/aromatic N) is 2. The highest BCUT2D eigenvalue weighted by atomic mass is 32.2. The topological polar surface area (TPSA) is 51.1 Å². The average molecular weight is 479 g/mol. The molecule has 1 amide bonds. The van der Waals surface area contributed by atoms with Crippen molar-refractivity contribution in [3.05, 3.63) is 59.0 Å². The van der Waals surface area contributed by atoms with Crippen molar-refractivity contribution in [3.63, 3.8) is 0 Å². The summed E-state index contributed by atoms with van der Waals surface area (Å²) in [4.78, 5) is 21.2. The number of rotatable bonds is 7. The standard InChI is InChI=1S/C28H34N2O3S/c1-19(2)18-33-24-15-14-21(16-25(24)32-4)17-26-27(31)30(23-13-9-8-10-20(23)3)28(34-26)29-22-11-6-5-7-12-22/h5-7,11-12,14-17,19-20,23H,8-10,13,18H2,1-4H3/b26-17-,29-28?/t20-,23-/m0/s1. The van der Waals surface area contributed by atoms with Crippen LogP contribution in [-0.2, 0) is 4.79 Å². The SMILES string of the molecule is COc1cc(/C=C2\SC(=Nc3ccccc3)N([C@H]3CCCC[C@@H]3C)C2=O)ccc1OCC(C)C. The third kappa shape index (κ3) is 5.66. The first-order valence-corrected chi connectivity index (χ1v) is 13.0. The number of hydrogen-bond donors (Lipinski definition) is 0. The molecule has 0 aromatic heterocycles. The van der Waals surface area contributed by atoms with Crippen LogP contribution in [-0.4, -0.2) is 35.7 Å². The van der Waals surface area contributed by atoms with Crippen molar-refractivity contribution in [2.24, 2.45) is 16.8 Å². The zero-order valence-electron chi connectivity index (χ0n) is 20.5. The Kier molecular flexibility index (Phi) is 7.99. The predicted molar refractivity (Wildman–Crippen MR) is 141 cm³/mol. The highest BCUT2D eigenvalue weighted by Gasteiger charge is 2.41. The maximum absolute atomic E-state index is 13.7. The van der Waals surface area contributed by atoms with Crippen LogP contribution < -0.4 is 9.47 Å². The Morgan fingerprint density at radius 3 is 2.59 bits per heavy atom. The second-order valence-corrected chi connectivity index (χ2v) is 10.5. The van der Waals surface area contributed by atoms with Crippen molar-refractivity contribution in [3.8, 4) is 11.5 Å². The highest BCUT2D eigenvalue weighted by Crippen LogP contribution is 2.40. The number of carbonyl (C=O) groups excluding carboxylic acids is 1. The molecule has 4 rings (SSSR count). The quantitative estimate of drug-likeness (QED) is 0.406. The van der Waals surface area contributed by atoms with E-state index in [0.717, 1.165) is 35.7 Å². The Balaban J connectivity index is 1.65. The molecule has 1 saturated carbocycles. The zero-order valence-corrected chi connectivity index (χ0v) is 21.3. The molecule has 2 aromatic rings. The van der Waals surface area contributed by atoms with Crippen molar-refractivity contribution in [2.45, 2.75) is 52.5 Å². The number of carbonyl (C=O) groups is 1. The van der Waals surface area contributed by atoms with Gasteiger partial charge in [0.15, 0.2) is 16.7 Å². The van der Waals surface area contributed by atoms with Gasteiger partial charge in [-0.15, -0.1) is 0 Å². The molecule has 0 unspecified atom stereocenters. The maximum atomic E-state index is 13.7. The summed E-state index contributed by atoms with van der Waals surface area (Å²) >= 11 is 1.46. The molecule has 6 heteroatoms. The van der Waals surface area contributed by atoms with Crippen molar-refractivity contribution in [2.75, 3.05) is 13.7 Å². The first-order valence-electron chi connectivity index (χ1n) is 12.1. The van der Waals surface area contributed by atoms with Crippen LogP contribution in [0.5, 0.6) is 11.5 Å². The molecule has 5 nitrogen and oxygen atoms in total. The second kappa shape index (κ2) is 11.1. The van der Waals surface area contributed by atoms with E-state index in [2.05, 4.69) is 20.8 Å². The van der Waals surface area contributed by atoms with Crippen LogP contribution in [0.1, 0.15) is 52.0 Å². The summed E-state index contributed by atoms with van der Waals surface area (Å²) in [6, 6.07) is 15.9. The summed E-state index contributed by atoms with van der Waals surface area (Å²) in [5.41, 5.74) is 1.77. The smallest absolute Gasteiger partial charge is 0.267 e. The van der Waals surface area contributed by atoms with E-state index in [0.29, 0.717) is 34.8 Å². The largest absolute Gasteiger partial charge is 0.493 e. The first-order chi connectivity index (χ1) is 16.5. The van der Waals surface area contributed by atoms with Gasteiger partial charge >= 0.3 is 0 Å². The third-order valence-electron chi connectivity index (χ3n) is 6.27. The van der Waals surface area contributed by atoms with Crippen LogP contribution in [0.4, 0.5) is 5.69 Å². The molecule has 1 heterocycles. The molecule has 1 saturated heterocycles. The van der Waals surface area contributed by atoms with Gasteiger partial charge in [-0.3, -0.25) is 9.69 Å². The molecule has 0 N–H and O–H groups in total. The fourth-order valence-electron chi connectivity index (χ4n) is 4.45. The van der Waals surface area contributed by atoms with E-state index in [1.165, 1.54) is 18.2 Å². The second-order valence-electron chi connectivity index (χ2n) is 9.46. The van der Waals surface area contributed by atoms with Crippen molar-refractivity contribution < 1.29 is 14.3 Å². The van der Waals surface area contributed by atoms with E-state index < -0.39 is 0 Å². The third-order valence-corrected chi connectivity index (χ3v) is 7.26. The summed E-state index contributed by atoms with van der Waals surface area (Å²) < 4.78 is 11.4. The Morgan fingerprint density at radius 1 is 1.12 bits per heavy atom. The molecular weight excluding hydrogens is 444 g/mol. The van der Waals surface area contributed by atoms with E-state index >= 15 is 0 Å². The fraction of sp³-hybridized carbons (Fsp3) is 0.429. The van der Waals surface area contributed by atoms with Crippen LogP contribution in [0.3, 0.4) is 0 Å². The molecule has 0 spiro atoms. The minimum Gasteiger partial charge on any atom is -0.493 e. The van der Waals surface area contributed by atoms with Gasteiger partial charge in [0, 0.05) is 6.04 Å².